The van der Waals surface area contributed by atoms with E-state index in [1.807, 2.05) is 61.5 Å². The summed E-state index contributed by atoms with van der Waals surface area (Å²) in [7, 11) is 4.00. The summed E-state index contributed by atoms with van der Waals surface area (Å²) in [6.07, 6.45) is 3.49. The fourth-order valence-electron chi connectivity index (χ4n) is 3.68. The molecule has 5 aromatic rings. The second-order valence-corrected chi connectivity index (χ2v) is 7.33. The number of nitrogens with one attached hydrogen (secondary N) is 1. The lowest BCUT2D eigenvalue weighted by molar-refractivity contribution is 0.0697. The van der Waals surface area contributed by atoms with Gasteiger partial charge in [-0.15, -0.1) is 0 Å². The average molecular weight is 397 g/mol. The molecule has 5 rings (SSSR count). The molecule has 0 aliphatic rings. The van der Waals surface area contributed by atoms with Gasteiger partial charge in [0.1, 0.15) is 0 Å². The Morgan fingerprint density at radius 1 is 1.00 bits per heavy atom. The zero-order valence-corrected chi connectivity index (χ0v) is 16.5. The first-order valence-electron chi connectivity index (χ1n) is 9.48. The largest absolute Gasteiger partial charge is 0.478 e. The summed E-state index contributed by atoms with van der Waals surface area (Å²) in [5, 5.41) is 13.6. The van der Waals surface area contributed by atoms with Gasteiger partial charge in [-0.2, -0.15) is 0 Å². The smallest absolute Gasteiger partial charge is 0.335 e. The molecule has 3 heterocycles. The van der Waals surface area contributed by atoms with Crippen molar-refractivity contribution in [2.24, 2.45) is 0 Å². The van der Waals surface area contributed by atoms with Crippen LogP contribution >= 0.6 is 0 Å². The van der Waals surface area contributed by atoms with Gasteiger partial charge in [0, 0.05) is 37.1 Å². The fraction of sp³-hybridized carbons (Fsp3) is 0.0870. The topological polar surface area (TPSA) is 82.8 Å². The summed E-state index contributed by atoms with van der Waals surface area (Å²) in [6.45, 7) is 0. The highest BCUT2D eigenvalue weighted by Crippen LogP contribution is 2.31. The lowest BCUT2D eigenvalue weighted by Gasteiger charge is -2.14. The Hall–Kier alpha value is -4.13. The molecular formula is C23H19N5O2. The van der Waals surface area contributed by atoms with Crippen molar-refractivity contribution in [3.8, 4) is 0 Å². The molecule has 2 N–H and O–H groups in total. The van der Waals surface area contributed by atoms with Crippen molar-refractivity contribution in [1.82, 2.24) is 14.4 Å². The van der Waals surface area contributed by atoms with E-state index in [2.05, 4.69) is 14.7 Å². The van der Waals surface area contributed by atoms with Crippen molar-refractivity contribution < 1.29 is 9.90 Å². The third-order valence-electron chi connectivity index (χ3n) is 5.19. The molecule has 0 bridgehead atoms. The highest BCUT2D eigenvalue weighted by molar-refractivity contribution is 6.00. The molecule has 0 saturated carbocycles. The van der Waals surface area contributed by atoms with Gasteiger partial charge in [-0.1, -0.05) is 0 Å². The minimum atomic E-state index is -0.948. The van der Waals surface area contributed by atoms with Crippen LogP contribution in [0.1, 0.15) is 10.4 Å². The second-order valence-electron chi connectivity index (χ2n) is 7.33. The zero-order valence-electron chi connectivity index (χ0n) is 16.5. The highest BCUT2D eigenvalue weighted by Gasteiger charge is 2.14. The van der Waals surface area contributed by atoms with Crippen LogP contribution in [0.2, 0.25) is 0 Å². The molecule has 30 heavy (non-hydrogen) atoms. The Morgan fingerprint density at radius 3 is 2.53 bits per heavy atom. The van der Waals surface area contributed by atoms with Crippen LogP contribution in [0.3, 0.4) is 0 Å². The molecule has 0 amide bonds. The molecule has 0 atom stereocenters. The third kappa shape index (κ3) is 2.88. The number of nitrogens with zero attached hydrogens (tertiary/aromatic N) is 4. The number of carboxylic acid groups (broad SMARTS) is 1. The number of rotatable bonds is 4. The maximum Gasteiger partial charge on any atom is 0.335 e. The SMILES string of the molecule is CN(C)c1ccc(Nc2nc3ccncc3n3c2cc2cc(C(=O)O)ccc23)cc1. The van der Waals surface area contributed by atoms with E-state index in [4.69, 9.17) is 4.98 Å². The number of carbonyl (C=O) groups is 1. The predicted molar refractivity (Wildman–Crippen MR) is 119 cm³/mol. The highest BCUT2D eigenvalue weighted by atomic mass is 16.4. The zero-order chi connectivity index (χ0) is 20.8. The molecule has 148 valence electrons. The number of carboxylic acids is 1. The van der Waals surface area contributed by atoms with Gasteiger partial charge in [-0.05, 0) is 54.6 Å². The first kappa shape index (κ1) is 17.9. The quantitative estimate of drug-likeness (QED) is 0.463. The first-order valence-corrected chi connectivity index (χ1v) is 9.48. The molecule has 3 aromatic heterocycles. The van der Waals surface area contributed by atoms with E-state index in [0.717, 1.165) is 38.8 Å². The van der Waals surface area contributed by atoms with Gasteiger partial charge < -0.3 is 19.7 Å². The molecule has 0 saturated heterocycles. The van der Waals surface area contributed by atoms with E-state index >= 15 is 0 Å². The van der Waals surface area contributed by atoms with Crippen molar-refractivity contribution in [1.29, 1.82) is 0 Å². The minimum absolute atomic E-state index is 0.252. The van der Waals surface area contributed by atoms with E-state index in [9.17, 15) is 9.90 Å². The molecule has 0 aliphatic heterocycles. The van der Waals surface area contributed by atoms with Crippen molar-refractivity contribution in [3.63, 3.8) is 0 Å². The van der Waals surface area contributed by atoms with Crippen LogP contribution in [-0.2, 0) is 0 Å². The van der Waals surface area contributed by atoms with Gasteiger partial charge in [0.2, 0.25) is 0 Å². The molecule has 0 aliphatic carbocycles. The van der Waals surface area contributed by atoms with E-state index in [0.29, 0.717) is 5.82 Å². The number of hydrogen-bond donors (Lipinski definition) is 2. The molecule has 7 heteroatoms. The number of benzene rings is 2. The van der Waals surface area contributed by atoms with Crippen LogP contribution in [0.5, 0.6) is 0 Å². The Balaban J connectivity index is 1.73. The van der Waals surface area contributed by atoms with Gasteiger partial charge in [-0.25, -0.2) is 9.78 Å². The number of fused-ring (bicyclic) bond motifs is 5. The van der Waals surface area contributed by atoms with Crippen molar-refractivity contribution in [2.45, 2.75) is 0 Å². The molecule has 0 unspecified atom stereocenters. The van der Waals surface area contributed by atoms with Gasteiger partial charge >= 0.3 is 5.97 Å². The lowest BCUT2D eigenvalue weighted by Crippen LogP contribution is -2.08. The first-order chi connectivity index (χ1) is 14.5. The van der Waals surface area contributed by atoms with Gasteiger partial charge in [0.05, 0.1) is 33.8 Å². The Bertz CT molecular complexity index is 1420. The van der Waals surface area contributed by atoms with Gasteiger partial charge in [0.15, 0.2) is 5.82 Å². The molecule has 2 aromatic carbocycles. The van der Waals surface area contributed by atoms with E-state index < -0.39 is 5.97 Å². The van der Waals surface area contributed by atoms with Gasteiger partial charge in [-0.3, -0.25) is 4.98 Å². The number of aromatic nitrogens is 3. The van der Waals surface area contributed by atoms with Crippen LogP contribution in [0.25, 0.3) is 27.5 Å². The van der Waals surface area contributed by atoms with Gasteiger partial charge in [0.25, 0.3) is 0 Å². The molecule has 0 fully saturated rings. The molecule has 0 radical (unpaired) electrons. The number of pyridine rings is 1. The summed E-state index contributed by atoms with van der Waals surface area (Å²) < 4.78 is 2.06. The van der Waals surface area contributed by atoms with Crippen molar-refractivity contribution in [2.75, 3.05) is 24.3 Å². The lowest BCUT2D eigenvalue weighted by atomic mass is 10.1. The van der Waals surface area contributed by atoms with Crippen molar-refractivity contribution in [3.05, 3.63) is 72.6 Å². The summed E-state index contributed by atoms with van der Waals surface area (Å²) in [6, 6.07) is 17.1. The summed E-state index contributed by atoms with van der Waals surface area (Å²) >= 11 is 0. The third-order valence-corrected chi connectivity index (χ3v) is 5.19. The van der Waals surface area contributed by atoms with E-state index in [1.54, 1.807) is 24.5 Å². The monoisotopic (exact) mass is 397 g/mol. The van der Waals surface area contributed by atoms with Crippen LogP contribution in [0, 0.1) is 0 Å². The van der Waals surface area contributed by atoms with E-state index in [1.165, 1.54) is 0 Å². The van der Waals surface area contributed by atoms with Crippen molar-refractivity contribution >= 4 is 50.6 Å². The van der Waals surface area contributed by atoms with Crippen LogP contribution in [0.15, 0.2) is 67.0 Å². The molecule has 7 nitrogen and oxygen atoms in total. The Labute approximate surface area is 172 Å². The molecular weight excluding hydrogens is 378 g/mol. The number of hydrogen-bond acceptors (Lipinski definition) is 5. The summed E-state index contributed by atoms with van der Waals surface area (Å²) in [4.78, 5) is 22.5. The Morgan fingerprint density at radius 2 is 1.80 bits per heavy atom. The number of anilines is 3. The predicted octanol–water partition coefficient (Wildman–Crippen LogP) is 4.54. The van der Waals surface area contributed by atoms with Crippen LogP contribution in [0.4, 0.5) is 17.2 Å². The summed E-state index contributed by atoms with van der Waals surface area (Å²) in [5.74, 6) is -0.254. The minimum Gasteiger partial charge on any atom is -0.478 e. The fourth-order valence-corrected chi connectivity index (χ4v) is 3.68. The number of aromatic carboxylic acids is 1. The standard InChI is InChI=1S/C23H19N5O2/c1-27(2)17-6-4-16(5-7-17)25-22-20-12-15-11-14(23(29)30)3-8-19(15)28(20)21-13-24-10-9-18(21)26-22/h3-13H,1-2H3,(H,25,26)(H,29,30). The normalized spacial score (nSPS) is 11.3. The maximum absolute atomic E-state index is 11.4. The Kier molecular flexibility index (Phi) is 4.03. The van der Waals surface area contributed by atoms with Crippen LogP contribution in [-0.4, -0.2) is 39.5 Å². The summed E-state index contributed by atoms with van der Waals surface area (Å²) in [5.41, 5.74) is 5.69. The van der Waals surface area contributed by atoms with E-state index in [-0.39, 0.29) is 5.56 Å². The maximum atomic E-state index is 11.4. The average Bonchev–Trinajstić information content (AvgIpc) is 3.13. The molecule has 0 spiro atoms. The van der Waals surface area contributed by atoms with Crippen LogP contribution < -0.4 is 10.2 Å². The second kappa shape index (κ2) is 6.73.